The third-order valence-corrected chi connectivity index (χ3v) is 3.13. The van der Waals surface area contributed by atoms with Crippen molar-refractivity contribution in [3.8, 4) is 16.9 Å². The highest BCUT2D eigenvalue weighted by molar-refractivity contribution is 6.03. The monoisotopic (exact) mass is 269 g/mol. The van der Waals surface area contributed by atoms with Gasteiger partial charge in [-0.05, 0) is 43.7 Å². The van der Waals surface area contributed by atoms with Gasteiger partial charge in [0.05, 0.1) is 0 Å². The van der Waals surface area contributed by atoms with Crippen LogP contribution in [0, 0.1) is 0 Å². The predicted octanol–water partition coefficient (Wildman–Crippen LogP) is 3.05. The van der Waals surface area contributed by atoms with Gasteiger partial charge < -0.3 is 10.8 Å². The first-order chi connectivity index (χ1) is 9.40. The van der Waals surface area contributed by atoms with E-state index in [2.05, 4.69) is 0 Å². The van der Waals surface area contributed by atoms with Crippen LogP contribution in [0.25, 0.3) is 11.1 Å². The SMILES string of the molecule is CC(=O)c1ccc(-c2ccc(O)cc2C(C)=O)c(N)c1. The molecule has 0 spiro atoms. The molecule has 0 saturated carbocycles. The van der Waals surface area contributed by atoms with Gasteiger partial charge in [-0.2, -0.15) is 0 Å². The molecule has 4 nitrogen and oxygen atoms in total. The van der Waals surface area contributed by atoms with Gasteiger partial charge in [-0.15, -0.1) is 0 Å². The van der Waals surface area contributed by atoms with Crippen LogP contribution in [-0.2, 0) is 0 Å². The van der Waals surface area contributed by atoms with E-state index in [1.165, 1.54) is 26.0 Å². The van der Waals surface area contributed by atoms with Crippen molar-refractivity contribution in [2.45, 2.75) is 13.8 Å². The number of nitrogens with two attached hydrogens (primary N) is 1. The maximum Gasteiger partial charge on any atom is 0.160 e. The fourth-order valence-corrected chi connectivity index (χ4v) is 2.09. The topological polar surface area (TPSA) is 80.4 Å². The molecule has 0 radical (unpaired) electrons. The Bertz CT molecular complexity index is 705. The Morgan fingerprint density at radius 2 is 1.60 bits per heavy atom. The molecule has 4 heteroatoms. The van der Waals surface area contributed by atoms with Crippen molar-refractivity contribution in [3.63, 3.8) is 0 Å². The van der Waals surface area contributed by atoms with Crippen molar-refractivity contribution < 1.29 is 14.7 Å². The second-order valence-electron chi connectivity index (χ2n) is 4.64. The molecule has 0 aliphatic heterocycles. The van der Waals surface area contributed by atoms with Gasteiger partial charge in [-0.25, -0.2) is 0 Å². The summed E-state index contributed by atoms with van der Waals surface area (Å²) in [4.78, 5) is 23.0. The predicted molar refractivity (Wildman–Crippen MR) is 78.0 cm³/mol. The summed E-state index contributed by atoms with van der Waals surface area (Å²) in [5.74, 6) is -0.204. The Morgan fingerprint density at radius 3 is 2.15 bits per heavy atom. The summed E-state index contributed by atoms with van der Waals surface area (Å²) in [6, 6.07) is 9.53. The number of phenolic OH excluding ortho intramolecular Hbond substituents is 1. The summed E-state index contributed by atoms with van der Waals surface area (Å²) in [6.07, 6.45) is 0. The summed E-state index contributed by atoms with van der Waals surface area (Å²) in [7, 11) is 0. The molecule has 2 aromatic rings. The van der Waals surface area contributed by atoms with Crippen LogP contribution in [0.5, 0.6) is 5.75 Å². The Morgan fingerprint density at radius 1 is 0.950 bits per heavy atom. The maximum atomic E-state index is 11.7. The molecule has 20 heavy (non-hydrogen) atoms. The molecular formula is C16H15NO3. The minimum atomic E-state index is -0.161. The quantitative estimate of drug-likeness (QED) is 0.663. The molecule has 0 atom stereocenters. The van der Waals surface area contributed by atoms with Gasteiger partial charge in [0.2, 0.25) is 0 Å². The van der Waals surface area contributed by atoms with Gasteiger partial charge in [0.1, 0.15) is 5.75 Å². The molecule has 0 bridgehead atoms. The number of hydrogen-bond acceptors (Lipinski definition) is 4. The van der Waals surface area contributed by atoms with Crippen molar-refractivity contribution in [1.82, 2.24) is 0 Å². The van der Waals surface area contributed by atoms with E-state index in [1.807, 2.05) is 0 Å². The number of rotatable bonds is 3. The number of carbonyl (C=O) groups excluding carboxylic acids is 2. The first-order valence-corrected chi connectivity index (χ1v) is 6.15. The first-order valence-electron chi connectivity index (χ1n) is 6.15. The van der Waals surface area contributed by atoms with Crippen LogP contribution in [0.2, 0.25) is 0 Å². The summed E-state index contributed by atoms with van der Waals surface area (Å²) in [6.45, 7) is 2.90. The molecule has 0 aliphatic rings. The van der Waals surface area contributed by atoms with Crippen LogP contribution in [0.1, 0.15) is 34.6 Å². The molecule has 0 aromatic heterocycles. The Labute approximate surface area is 116 Å². The van der Waals surface area contributed by atoms with Crippen molar-refractivity contribution in [2.24, 2.45) is 0 Å². The number of hydrogen-bond donors (Lipinski definition) is 2. The molecule has 102 valence electrons. The summed E-state index contributed by atoms with van der Waals surface area (Å²) >= 11 is 0. The van der Waals surface area contributed by atoms with Gasteiger partial charge in [-0.1, -0.05) is 12.1 Å². The summed E-state index contributed by atoms with van der Waals surface area (Å²) < 4.78 is 0. The number of phenols is 1. The lowest BCUT2D eigenvalue weighted by Gasteiger charge is -2.11. The van der Waals surface area contributed by atoms with Gasteiger partial charge >= 0.3 is 0 Å². The van der Waals surface area contributed by atoms with Gasteiger partial charge in [-0.3, -0.25) is 9.59 Å². The van der Waals surface area contributed by atoms with Crippen LogP contribution < -0.4 is 5.73 Å². The lowest BCUT2D eigenvalue weighted by atomic mass is 9.94. The standard InChI is InChI=1S/C16H15NO3/c1-9(18)11-3-5-14(16(17)7-11)13-6-4-12(20)8-15(13)10(2)19/h3-8,20H,17H2,1-2H3. The molecule has 0 heterocycles. The second-order valence-corrected chi connectivity index (χ2v) is 4.64. The second kappa shape index (κ2) is 5.17. The van der Waals surface area contributed by atoms with Crippen molar-refractivity contribution in [3.05, 3.63) is 47.5 Å². The van der Waals surface area contributed by atoms with E-state index in [0.29, 0.717) is 27.9 Å². The normalized spacial score (nSPS) is 10.3. The van der Waals surface area contributed by atoms with E-state index in [-0.39, 0.29) is 17.3 Å². The Hall–Kier alpha value is -2.62. The van der Waals surface area contributed by atoms with Crippen LogP contribution in [0.3, 0.4) is 0 Å². The zero-order chi connectivity index (χ0) is 14.9. The largest absolute Gasteiger partial charge is 0.508 e. The molecular weight excluding hydrogens is 254 g/mol. The highest BCUT2D eigenvalue weighted by Gasteiger charge is 2.13. The molecule has 0 saturated heterocycles. The number of nitrogen functional groups attached to an aromatic ring is 1. The van der Waals surface area contributed by atoms with Crippen molar-refractivity contribution in [1.29, 1.82) is 0 Å². The van der Waals surface area contributed by atoms with E-state index in [9.17, 15) is 14.7 Å². The molecule has 0 fully saturated rings. The van der Waals surface area contributed by atoms with Crippen LogP contribution in [-0.4, -0.2) is 16.7 Å². The minimum absolute atomic E-state index is 0.0258. The van der Waals surface area contributed by atoms with E-state index < -0.39 is 0 Å². The molecule has 0 aliphatic carbocycles. The van der Waals surface area contributed by atoms with E-state index in [1.54, 1.807) is 24.3 Å². The number of anilines is 1. The Kier molecular flexibility index (Phi) is 3.57. The van der Waals surface area contributed by atoms with Crippen LogP contribution >= 0.6 is 0 Å². The van der Waals surface area contributed by atoms with Crippen LogP contribution in [0.15, 0.2) is 36.4 Å². The number of benzene rings is 2. The van der Waals surface area contributed by atoms with Crippen LogP contribution in [0.4, 0.5) is 5.69 Å². The van der Waals surface area contributed by atoms with Gasteiger partial charge in [0.25, 0.3) is 0 Å². The number of Topliss-reactive ketones (excluding diaryl/α,β-unsaturated/α-hetero) is 2. The highest BCUT2D eigenvalue weighted by atomic mass is 16.3. The van der Waals surface area contributed by atoms with E-state index in [4.69, 9.17) is 5.73 Å². The molecule has 2 rings (SSSR count). The van der Waals surface area contributed by atoms with E-state index in [0.717, 1.165) is 0 Å². The smallest absolute Gasteiger partial charge is 0.160 e. The molecule has 0 amide bonds. The maximum absolute atomic E-state index is 11.7. The van der Waals surface area contributed by atoms with Crippen molar-refractivity contribution in [2.75, 3.05) is 5.73 Å². The first kappa shape index (κ1) is 13.8. The van der Waals surface area contributed by atoms with Gasteiger partial charge in [0.15, 0.2) is 11.6 Å². The average Bonchev–Trinajstić information content (AvgIpc) is 2.38. The zero-order valence-corrected chi connectivity index (χ0v) is 11.3. The summed E-state index contributed by atoms with van der Waals surface area (Å²) in [5, 5.41) is 9.49. The fourth-order valence-electron chi connectivity index (χ4n) is 2.09. The zero-order valence-electron chi connectivity index (χ0n) is 11.3. The number of carbonyl (C=O) groups is 2. The van der Waals surface area contributed by atoms with E-state index >= 15 is 0 Å². The molecule has 2 aromatic carbocycles. The lowest BCUT2D eigenvalue weighted by molar-refractivity contribution is 0.100. The fraction of sp³-hybridized carbons (Fsp3) is 0.125. The summed E-state index contributed by atoms with van der Waals surface area (Å²) in [5.41, 5.74) is 8.62. The lowest BCUT2D eigenvalue weighted by Crippen LogP contribution is -2.00. The highest BCUT2D eigenvalue weighted by Crippen LogP contribution is 2.32. The minimum Gasteiger partial charge on any atom is -0.508 e. The Balaban J connectivity index is 2.63. The molecule has 3 N–H and O–H groups in total. The molecule has 0 unspecified atom stereocenters. The van der Waals surface area contributed by atoms with Crippen molar-refractivity contribution >= 4 is 17.3 Å². The third-order valence-electron chi connectivity index (χ3n) is 3.13. The van der Waals surface area contributed by atoms with Gasteiger partial charge in [0, 0.05) is 22.4 Å². The third kappa shape index (κ3) is 2.54. The number of aromatic hydroxyl groups is 1. The number of ketones is 2. The average molecular weight is 269 g/mol.